The summed E-state index contributed by atoms with van der Waals surface area (Å²) in [6, 6.07) is 3.78. The number of azo groups is 1. The second kappa shape index (κ2) is 14.2. The minimum Gasteiger partial charge on any atom is -0.494 e. The second-order valence-corrected chi connectivity index (χ2v) is 8.11. The lowest BCUT2D eigenvalue weighted by Gasteiger charge is -2.26. The number of esters is 1. The van der Waals surface area contributed by atoms with Crippen molar-refractivity contribution >= 4 is 51.8 Å². The molecule has 0 radical (unpaired) electrons. The molecule has 2 aromatic carbocycles. The summed E-state index contributed by atoms with van der Waals surface area (Å²) >= 11 is 0. The maximum absolute atomic E-state index is 14.2. The van der Waals surface area contributed by atoms with Crippen molar-refractivity contribution in [1.29, 1.82) is 0 Å². The molecule has 16 heteroatoms. The van der Waals surface area contributed by atoms with Gasteiger partial charge in [-0.2, -0.15) is 4.39 Å². The molecule has 0 unspecified atom stereocenters. The number of carbonyl (C=O) groups is 3. The van der Waals surface area contributed by atoms with Gasteiger partial charge >= 0.3 is 17.3 Å². The average Bonchev–Trinajstić information content (AvgIpc) is 2.90. The van der Waals surface area contributed by atoms with Gasteiger partial charge < -0.3 is 19.7 Å². The van der Waals surface area contributed by atoms with Gasteiger partial charge in [-0.25, -0.2) is 0 Å². The Balaban J connectivity index is 2.47. The summed E-state index contributed by atoms with van der Waals surface area (Å²) in [4.78, 5) is 57.4. The standard InChI is InChI=1S/C24H27FN6O9/c1-5-15(33)13-40-24(34)7-8-29(6-2)22-10-17(26-14(3)32)18(11-23(22)39-4)27-28-19-9-16(25)20(30(35)36)12-21(19)31(37)38/h9-12H,5-8,13H2,1-4H3,(H,26,32). The molecule has 2 rings (SSSR count). The number of hydrogen-bond donors (Lipinski definition) is 1. The van der Waals surface area contributed by atoms with Crippen LogP contribution in [0.1, 0.15) is 33.6 Å². The third kappa shape index (κ3) is 8.24. The molecule has 0 aliphatic heterocycles. The van der Waals surface area contributed by atoms with Crippen molar-refractivity contribution in [3.63, 3.8) is 0 Å². The van der Waals surface area contributed by atoms with Gasteiger partial charge in [-0.3, -0.25) is 34.6 Å². The van der Waals surface area contributed by atoms with E-state index in [2.05, 4.69) is 15.5 Å². The van der Waals surface area contributed by atoms with Crippen LogP contribution in [0.15, 0.2) is 34.5 Å². The number of nitrogens with one attached hydrogen (secondary N) is 1. The van der Waals surface area contributed by atoms with Crippen molar-refractivity contribution < 1.29 is 38.1 Å². The number of nitro groups is 2. The maximum Gasteiger partial charge on any atom is 0.311 e. The molecule has 0 fully saturated rings. The third-order valence-corrected chi connectivity index (χ3v) is 5.41. The van der Waals surface area contributed by atoms with Crippen LogP contribution in [-0.2, 0) is 19.1 Å². The number of benzene rings is 2. The number of ketones is 1. The summed E-state index contributed by atoms with van der Waals surface area (Å²) in [5.74, 6) is -2.41. The number of amides is 1. The van der Waals surface area contributed by atoms with Gasteiger partial charge in [0.15, 0.2) is 11.5 Å². The van der Waals surface area contributed by atoms with Gasteiger partial charge in [0.1, 0.15) is 18.0 Å². The largest absolute Gasteiger partial charge is 0.494 e. The van der Waals surface area contributed by atoms with Gasteiger partial charge in [0.25, 0.3) is 0 Å². The molecule has 0 aromatic heterocycles. The number of anilines is 2. The molecular formula is C24H27FN6O9. The van der Waals surface area contributed by atoms with Crippen LogP contribution < -0.4 is 15.0 Å². The summed E-state index contributed by atoms with van der Waals surface area (Å²) in [6.07, 6.45) is 0.188. The maximum atomic E-state index is 14.2. The highest BCUT2D eigenvalue weighted by molar-refractivity contribution is 5.94. The van der Waals surface area contributed by atoms with Gasteiger partial charge in [-0.15, -0.1) is 10.2 Å². The van der Waals surface area contributed by atoms with Crippen molar-refractivity contribution in [1.82, 2.24) is 0 Å². The highest BCUT2D eigenvalue weighted by Gasteiger charge is 2.25. The fourth-order valence-corrected chi connectivity index (χ4v) is 3.37. The molecule has 0 aliphatic rings. The van der Waals surface area contributed by atoms with Crippen LogP contribution >= 0.6 is 0 Å². The Kier molecular flexibility index (Phi) is 11.1. The van der Waals surface area contributed by atoms with Gasteiger partial charge in [-0.1, -0.05) is 6.92 Å². The monoisotopic (exact) mass is 562 g/mol. The summed E-state index contributed by atoms with van der Waals surface area (Å²) in [5, 5.41) is 32.6. The van der Waals surface area contributed by atoms with Crippen molar-refractivity contribution in [2.75, 3.05) is 37.0 Å². The molecule has 214 valence electrons. The van der Waals surface area contributed by atoms with Crippen molar-refractivity contribution in [2.45, 2.75) is 33.6 Å². The fraction of sp³-hybridized carbons (Fsp3) is 0.375. The lowest BCUT2D eigenvalue weighted by molar-refractivity contribution is -0.395. The van der Waals surface area contributed by atoms with Gasteiger partial charge in [0, 0.05) is 38.6 Å². The zero-order chi connectivity index (χ0) is 30.0. The Bertz CT molecular complexity index is 1350. The zero-order valence-electron chi connectivity index (χ0n) is 22.1. The molecule has 40 heavy (non-hydrogen) atoms. The summed E-state index contributed by atoms with van der Waals surface area (Å²) < 4.78 is 24.6. The van der Waals surface area contributed by atoms with E-state index >= 15 is 0 Å². The molecule has 0 spiro atoms. The SMILES string of the molecule is CCC(=O)COC(=O)CCN(CC)c1cc(NC(C)=O)c(N=Nc2cc(F)c([N+](=O)[O-])cc2[N+](=O)[O-])cc1OC. The Morgan fingerprint density at radius 1 is 1.02 bits per heavy atom. The molecule has 15 nitrogen and oxygen atoms in total. The van der Waals surface area contributed by atoms with E-state index in [0.717, 1.165) is 0 Å². The number of halogens is 1. The first-order valence-electron chi connectivity index (χ1n) is 11.9. The molecule has 1 amide bonds. The van der Waals surface area contributed by atoms with Gasteiger partial charge in [-0.05, 0) is 13.0 Å². The number of carbonyl (C=O) groups excluding carboxylic acids is 3. The summed E-state index contributed by atoms with van der Waals surface area (Å²) in [5.41, 5.74) is -2.04. The molecule has 0 atom stereocenters. The van der Waals surface area contributed by atoms with E-state index in [1.165, 1.54) is 26.2 Å². The van der Waals surface area contributed by atoms with Gasteiger partial charge in [0.05, 0.1) is 40.8 Å². The lowest BCUT2D eigenvalue weighted by Crippen LogP contribution is -2.27. The number of Topliss-reactive ketones (excluding diaryl/α,β-unsaturated/α-hetero) is 1. The first kappa shape index (κ1) is 31.2. The smallest absolute Gasteiger partial charge is 0.311 e. The Morgan fingerprint density at radius 2 is 1.68 bits per heavy atom. The highest BCUT2D eigenvalue weighted by atomic mass is 19.1. The Morgan fingerprint density at radius 3 is 2.23 bits per heavy atom. The fourth-order valence-electron chi connectivity index (χ4n) is 3.37. The Hall–Kier alpha value is -5.02. The van der Waals surface area contributed by atoms with E-state index in [4.69, 9.17) is 9.47 Å². The predicted octanol–water partition coefficient (Wildman–Crippen LogP) is 4.76. The van der Waals surface area contributed by atoms with E-state index in [9.17, 15) is 39.0 Å². The van der Waals surface area contributed by atoms with Crippen LogP contribution in [0.2, 0.25) is 0 Å². The van der Waals surface area contributed by atoms with Crippen LogP contribution in [0.4, 0.5) is 38.5 Å². The molecule has 0 saturated carbocycles. The molecule has 1 N–H and O–H groups in total. The summed E-state index contributed by atoms with van der Waals surface area (Å²) in [7, 11) is 1.35. The average molecular weight is 563 g/mol. The van der Waals surface area contributed by atoms with Crippen molar-refractivity contribution in [3.8, 4) is 5.75 Å². The quantitative estimate of drug-likeness (QED) is 0.145. The summed E-state index contributed by atoms with van der Waals surface area (Å²) in [6.45, 7) is 4.94. The molecule has 0 saturated heterocycles. The number of ether oxygens (including phenoxy) is 2. The molecule has 0 heterocycles. The van der Waals surface area contributed by atoms with Crippen LogP contribution in [0.5, 0.6) is 5.75 Å². The number of rotatable bonds is 14. The zero-order valence-corrected chi connectivity index (χ0v) is 22.1. The number of hydrogen-bond acceptors (Lipinski definition) is 12. The number of methoxy groups -OCH3 is 1. The van der Waals surface area contributed by atoms with E-state index in [1.54, 1.807) is 18.7 Å². The van der Waals surface area contributed by atoms with Crippen LogP contribution in [0, 0.1) is 26.0 Å². The minimum absolute atomic E-state index is 0.0302. The van der Waals surface area contributed by atoms with Crippen LogP contribution in [-0.4, -0.2) is 54.3 Å². The van der Waals surface area contributed by atoms with E-state index < -0.39 is 44.6 Å². The van der Waals surface area contributed by atoms with Crippen LogP contribution in [0.25, 0.3) is 0 Å². The van der Waals surface area contributed by atoms with Crippen molar-refractivity contribution in [2.24, 2.45) is 10.2 Å². The van der Waals surface area contributed by atoms with E-state index in [-0.39, 0.29) is 48.9 Å². The van der Waals surface area contributed by atoms with E-state index in [1.807, 2.05) is 0 Å². The first-order chi connectivity index (χ1) is 18.9. The third-order valence-electron chi connectivity index (χ3n) is 5.41. The van der Waals surface area contributed by atoms with E-state index in [0.29, 0.717) is 24.4 Å². The molecule has 2 aromatic rings. The van der Waals surface area contributed by atoms with Gasteiger partial charge in [0.2, 0.25) is 11.7 Å². The highest BCUT2D eigenvalue weighted by Crippen LogP contribution is 2.41. The van der Waals surface area contributed by atoms with Crippen LogP contribution in [0.3, 0.4) is 0 Å². The lowest BCUT2D eigenvalue weighted by atomic mass is 10.2. The predicted molar refractivity (Wildman–Crippen MR) is 140 cm³/mol. The molecule has 0 bridgehead atoms. The number of nitro benzene ring substituents is 2. The molecular weight excluding hydrogens is 535 g/mol. The topological polar surface area (TPSA) is 196 Å². The normalized spacial score (nSPS) is 10.7. The first-order valence-corrected chi connectivity index (χ1v) is 11.9. The minimum atomic E-state index is -1.35. The van der Waals surface area contributed by atoms with Crippen molar-refractivity contribution in [3.05, 3.63) is 50.3 Å². The molecule has 0 aliphatic carbocycles. The Labute approximate surface area is 227 Å². The number of nitrogens with zero attached hydrogens (tertiary/aromatic N) is 5. The second-order valence-electron chi connectivity index (χ2n) is 8.11.